The molecule has 0 bridgehead atoms. The molecule has 0 N–H and O–H groups in total. The number of aromatic nitrogens is 1. The Morgan fingerprint density at radius 1 is 1.17 bits per heavy atom. The molecule has 1 aromatic carbocycles. The van der Waals surface area contributed by atoms with Gasteiger partial charge in [-0.2, -0.15) is 0 Å². The number of benzene rings is 1. The van der Waals surface area contributed by atoms with E-state index >= 15 is 0 Å². The summed E-state index contributed by atoms with van der Waals surface area (Å²) in [7, 11) is 3.02. The molecule has 29 heavy (non-hydrogen) atoms. The number of esters is 1. The van der Waals surface area contributed by atoms with E-state index in [-0.39, 0.29) is 18.2 Å². The Morgan fingerprint density at radius 2 is 1.76 bits per heavy atom. The number of nitrogens with zero attached hydrogens (tertiary/aromatic N) is 2. The molecule has 1 heterocycles. The zero-order valence-electron chi connectivity index (χ0n) is 17.9. The minimum atomic E-state index is -0.730. The number of Topliss-reactive ketones (excluding diaryl/α,β-unsaturated/α-hetero) is 1. The van der Waals surface area contributed by atoms with Crippen LogP contribution in [0.5, 0.6) is 0 Å². The minimum Gasteiger partial charge on any atom is -0.464 e. The molecule has 0 aliphatic rings. The topological polar surface area (TPSA) is 68.6 Å². The third-order valence-corrected chi connectivity index (χ3v) is 5.29. The number of hydrogen-bond donors (Lipinski definition) is 0. The Balaban J connectivity index is 2.45. The van der Waals surface area contributed by atoms with Gasteiger partial charge in [0.1, 0.15) is 5.69 Å². The van der Waals surface area contributed by atoms with Crippen molar-refractivity contribution in [3.8, 4) is 0 Å². The van der Waals surface area contributed by atoms with Crippen LogP contribution in [0.1, 0.15) is 54.9 Å². The lowest BCUT2D eigenvalue weighted by Gasteiger charge is -2.27. The van der Waals surface area contributed by atoms with Gasteiger partial charge in [0, 0.05) is 30.4 Å². The van der Waals surface area contributed by atoms with E-state index in [0.717, 1.165) is 5.56 Å². The van der Waals surface area contributed by atoms with Crippen molar-refractivity contribution in [3.63, 3.8) is 0 Å². The number of ketones is 1. The molecule has 0 aliphatic carbocycles. The Kier molecular flexibility index (Phi) is 6.80. The van der Waals surface area contributed by atoms with Gasteiger partial charge < -0.3 is 14.2 Å². The van der Waals surface area contributed by atoms with Crippen molar-refractivity contribution in [1.82, 2.24) is 9.47 Å². The molecule has 1 amide bonds. The summed E-state index contributed by atoms with van der Waals surface area (Å²) in [5, 5.41) is 0. The molecule has 0 spiro atoms. The van der Waals surface area contributed by atoms with E-state index in [1.807, 2.05) is 19.1 Å². The summed E-state index contributed by atoms with van der Waals surface area (Å²) in [6.07, 6.45) is 1.60. The van der Waals surface area contributed by atoms with Crippen molar-refractivity contribution in [2.45, 2.75) is 33.7 Å². The van der Waals surface area contributed by atoms with E-state index in [9.17, 15) is 14.4 Å². The van der Waals surface area contributed by atoms with Crippen molar-refractivity contribution >= 4 is 17.7 Å². The lowest BCUT2D eigenvalue weighted by atomic mass is 9.99. The number of methoxy groups -OCH3 is 1. The largest absolute Gasteiger partial charge is 0.464 e. The molecular weight excluding hydrogens is 368 g/mol. The van der Waals surface area contributed by atoms with Crippen LogP contribution in [0.3, 0.4) is 0 Å². The number of ether oxygens (including phenoxy) is 1. The van der Waals surface area contributed by atoms with Gasteiger partial charge in [-0.15, -0.1) is 6.58 Å². The van der Waals surface area contributed by atoms with Crippen molar-refractivity contribution in [1.29, 1.82) is 0 Å². The average molecular weight is 396 g/mol. The summed E-state index contributed by atoms with van der Waals surface area (Å²) in [6, 6.07) is 6.49. The fourth-order valence-electron chi connectivity index (χ4n) is 3.49. The normalized spacial score (nSPS) is 11.7. The molecule has 0 saturated carbocycles. The number of carbonyl (C=O) groups is 3. The maximum Gasteiger partial charge on any atom is 0.354 e. The zero-order chi connectivity index (χ0) is 21.9. The molecule has 1 unspecified atom stereocenters. The molecule has 1 aromatic heterocycles. The van der Waals surface area contributed by atoms with Gasteiger partial charge in [0.2, 0.25) is 0 Å². The summed E-state index contributed by atoms with van der Waals surface area (Å²) in [4.78, 5) is 40.1. The average Bonchev–Trinajstić information content (AvgIpc) is 2.93. The zero-order valence-corrected chi connectivity index (χ0v) is 17.9. The molecular formula is C23H28N2O4. The second-order valence-corrected chi connectivity index (χ2v) is 7.14. The summed E-state index contributed by atoms with van der Waals surface area (Å²) in [5.41, 5.74) is 3.53. The molecule has 0 fully saturated rings. The van der Waals surface area contributed by atoms with Gasteiger partial charge in [-0.3, -0.25) is 9.59 Å². The predicted octanol–water partition coefficient (Wildman–Crippen LogP) is 3.64. The number of amides is 1. The van der Waals surface area contributed by atoms with Crippen LogP contribution in [0.2, 0.25) is 0 Å². The molecule has 0 radical (unpaired) electrons. The van der Waals surface area contributed by atoms with Gasteiger partial charge >= 0.3 is 5.97 Å². The van der Waals surface area contributed by atoms with E-state index in [4.69, 9.17) is 4.74 Å². The third kappa shape index (κ3) is 4.16. The number of aryl methyl sites for hydroxylation is 1. The lowest BCUT2D eigenvalue weighted by Crippen LogP contribution is -2.43. The Morgan fingerprint density at radius 3 is 2.28 bits per heavy atom. The smallest absolute Gasteiger partial charge is 0.354 e. The van der Waals surface area contributed by atoms with Crippen LogP contribution in [0.15, 0.2) is 36.9 Å². The van der Waals surface area contributed by atoms with E-state index in [0.29, 0.717) is 28.1 Å². The summed E-state index contributed by atoms with van der Waals surface area (Å²) in [6.45, 7) is 11.1. The van der Waals surface area contributed by atoms with Crippen molar-refractivity contribution in [2.75, 3.05) is 13.7 Å². The molecule has 2 rings (SSSR count). The fourth-order valence-corrected chi connectivity index (χ4v) is 3.49. The first-order valence-electron chi connectivity index (χ1n) is 9.42. The Hall–Kier alpha value is -3.15. The third-order valence-electron chi connectivity index (χ3n) is 5.29. The van der Waals surface area contributed by atoms with E-state index in [1.54, 1.807) is 50.6 Å². The maximum atomic E-state index is 13.4. The second-order valence-electron chi connectivity index (χ2n) is 7.14. The van der Waals surface area contributed by atoms with Gasteiger partial charge in [-0.25, -0.2) is 4.79 Å². The monoisotopic (exact) mass is 396 g/mol. The Bertz CT molecular complexity index is 954. The number of carbonyl (C=O) groups excluding carboxylic acids is 3. The van der Waals surface area contributed by atoms with Crippen LogP contribution in [0.25, 0.3) is 0 Å². The molecule has 6 nitrogen and oxygen atoms in total. The SMILES string of the molecule is C=CCN(C(=O)c1ccc(C)cc1)C(C)C(=O)c1c(C)c(C(=O)OC)n(C)c1C. The highest BCUT2D eigenvalue weighted by atomic mass is 16.5. The van der Waals surface area contributed by atoms with Gasteiger partial charge in [0.25, 0.3) is 5.91 Å². The first-order valence-corrected chi connectivity index (χ1v) is 9.42. The highest BCUT2D eigenvalue weighted by molar-refractivity contribution is 6.07. The second kappa shape index (κ2) is 8.90. The van der Waals surface area contributed by atoms with Gasteiger partial charge in [-0.05, 0) is 45.4 Å². The van der Waals surface area contributed by atoms with Crippen molar-refractivity contribution in [2.24, 2.45) is 7.05 Å². The highest BCUT2D eigenvalue weighted by Gasteiger charge is 2.32. The Labute approximate surface area is 171 Å². The molecule has 154 valence electrons. The molecule has 0 saturated heterocycles. The van der Waals surface area contributed by atoms with E-state index in [1.165, 1.54) is 12.0 Å². The van der Waals surface area contributed by atoms with Crippen LogP contribution in [0.4, 0.5) is 0 Å². The molecule has 0 aliphatic heterocycles. The van der Waals surface area contributed by atoms with Gasteiger partial charge in [-0.1, -0.05) is 23.8 Å². The van der Waals surface area contributed by atoms with Crippen LogP contribution >= 0.6 is 0 Å². The van der Waals surface area contributed by atoms with Gasteiger partial charge in [0.15, 0.2) is 5.78 Å². The molecule has 6 heteroatoms. The molecule has 2 aromatic rings. The number of rotatable bonds is 7. The van der Waals surface area contributed by atoms with E-state index in [2.05, 4.69) is 6.58 Å². The predicted molar refractivity (Wildman–Crippen MR) is 112 cm³/mol. The minimum absolute atomic E-state index is 0.229. The van der Waals surface area contributed by atoms with Crippen LogP contribution < -0.4 is 0 Å². The van der Waals surface area contributed by atoms with Crippen LogP contribution in [0, 0.1) is 20.8 Å². The van der Waals surface area contributed by atoms with Crippen LogP contribution in [-0.4, -0.2) is 46.8 Å². The first-order chi connectivity index (χ1) is 13.6. The fraction of sp³-hybridized carbons (Fsp3) is 0.348. The van der Waals surface area contributed by atoms with Crippen LogP contribution in [-0.2, 0) is 11.8 Å². The standard InChI is InChI=1S/C23H28N2O4/c1-8-13-25(22(27)18-11-9-14(2)10-12-18)17(5)21(26)19-15(3)20(23(28)29-7)24(6)16(19)4/h8-12,17H,1,13H2,2-7H3. The van der Waals surface area contributed by atoms with Gasteiger partial charge in [0.05, 0.1) is 13.2 Å². The number of hydrogen-bond acceptors (Lipinski definition) is 4. The van der Waals surface area contributed by atoms with E-state index < -0.39 is 12.0 Å². The lowest BCUT2D eigenvalue weighted by molar-refractivity contribution is 0.0588. The quantitative estimate of drug-likeness (QED) is 0.407. The first kappa shape index (κ1) is 22.1. The molecule has 1 atom stereocenters. The summed E-state index contributed by atoms with van der Waals surface area (Å²) >= 11 is 0. The summed E-state index contributed by atoms with van der Waals surface area (Å²) in [5.74, 6) is -0.975. The van der Waals surface area contributed by atoms with Crippen molar-refractivity contribution in [3.05, 3.63) is 70.6 Å². The highest BCUT2D eigenvalue weighted by Crippen LogP contribution is 2.25. The van der Waals surface area contributed by atoms with Crippen molar-refractivity contribution < 1.29 is 19.1 Å². The summed E-state index contributed by atoms with van der Waals surface area (Å²) < 4.78 is 6.50. The maximum absolute atomic E-state index is 13.4.